The van der Waals surface area contributed by atoms with Gasteiger partial charge in [-0.15, -0.1) is 0 Å². The van der Waals surface area contributed by atoms with Gasteiger partial charge in [-0.05, 0) is 12.1 Å². The zero-order chi connectivity index (χ0) is 17.6. The van der Waals surface area contributed by atoms with Gasteiger partial charge >= 0.3 is 5.69 Å². The summed E-state index contributed by atoms with van der Waals surface area (Å²) in [4.78, 5) is 12.1. The lowest BCUT2D eigenvalue weighted by molar-refractivity contribution is -0.386. The van der Waals surface area contributed by atoms with Crippen LogP contribution in [-0.2, 0) is 14.8 Å². The number of ether oxygens (including phenoxy) is 2. The van der Waals surface area contributed by atoms with Gasteiger partial charge in [-0.2, -0.15) is 0 Å². The average molecular weight is 355 g/mol. The van der Waals surface area contributed by atoms with Gasteiger partial charge in [0, 0.05) is 19.2 Å². The van der Waals surface area contributed by atoms with Crippen molar-refractivity contribution in [1.29, 1.82) is 0 Å². The summed E-state index contributed by atoms with van der Waals surface area (Å²) < 4.78 is 33.0. The van der Waals surface area contributed by atoms with E-state index < -0.39 is 20.6 Å². The number of nitro benzene ring substituents is 1. The Morgan fingerprint density at radius 2 is 2.04 bits per heavy atom. The molecule has 2 N–H and O–H groups in total. The Hall–Kier alpha value is -2.19. The lowest BCUT2D eigenvalue weighted by Gasteiger charge is -2.24. The SMILES string of the molecule is NS(=O)(=O)c1ccc(OCC#CCN2CCOCC2)c([N+](=O)[O-])c1. The summed E-state index contributed by atoms with van der Waals surface area (Å²) in [7, 11) is -4.02. The summed E-state index contributed by atoms with van der Waals surface area (Å²) in [6, 6.07) is 3.21. The van der Waals surface area contributed by atoms with E-state index in [9.17, 15) is 18.5 Å². The van der Waals surface area contributed by atoms with Gasteiger partial charge in [-0.25, -0.2) is 13.6 Å². The van der Waals surface area contributed by atoms with Crippen LogP contribution >= 0.6 is 0 Å². The number of benzene rings is 1. The number of nitro groups is 1. The standard InChI is InChI=1S/C14H17N3O6S/c15-24(20,21)12-3-4-14(13(11-12)17(18)19)23-8-2-1-5-16-6-9-22-10-7-16/h3-4,11H,5-10H2,(H2,15,20,21). The van der Waals surface area contributed by atoms with Crippen LogP contribution in [-0.4, -0.2) is 57.7 Å². The Morgan fingerprint density at radius 1 is 1.33 bits per heavy atom. The van der Waals surface area contributed by atoms with Gasteiger partial charge in [0.05, 0.1) is 29.6 Å². The van der Waals surface area contributed by atoms with E-state index in [1.807, 2.05) is 0 Å². The number of hydrogen-bond donors (Lipinski definition) is 1. The number of hydrogen-bond acceptors (Lipinski definition) is 7. The molecule has 0 amide bonds. The second-order valence-corrected chi connectivity index (χ2v) is 6.52. The van der Waals surface area contributed by atoms with E-state index in [1.54, 1.807) is 0 Å². The molecule has 1 aromatic rings. The second-order valence-electron chi connectivity index (χ2n) is 4.96. The van der Waals surface area contributed by atoms with Gasteiger partial charge in [-0.1, -0.05) is 11.8 Å². The summed E-state index contributed by atoms with van der Waals surface area (Å²) in [6.45, 7) is 3.52. The van der Waals surface area contributed by atoms with Crippen LogP contribution in [0.5, 0.6) is 5.75 Å². The fraction of sp³-hybridized carbons (Fsp3) is 0.429. The van der Waals surface area contributed by atoms with Crippen LogP contribution in [0.25, 0.3) is 0 Å². The maximum atomic E-state index is 11.2. The zero-order valence-electron chi connectivity index (χ0n) is 12.8. The van der Waals surface area contributed by atoms with Crippen LogP contribution in [0, 0.1) is 22.0 Å². The van der Waals surface area contributed by atoms with Gasteiger partial charge in [-0.3, -0.25) is 15.0 Å². The third-order valence-corrected chi connectivity index (χ3v) is 4.20. The summed E-state index contributed by atoms with van der Waals surface area (Å²) in [5.41, 5.74) is -0.475. The molecule has 2 rings (SSSR count). The summed E-state index contributed by atoms with van der Waals surface area (Å²) in [5, 5.41) is 16.0. The molecule has 0 aliphatic carbocycles. The first kappa shape index (κ1) is 18.2. The van der Waals surface area contributed by atoms with Crippen LogP contribution in [0.4, 0.5) is 5.69 Å². The molecule has 24 heavy (non-hydrogen) atoms. The maximum Gasteiger partial charge on any atom is 0.312 e. The minimum atomic E-state index is -4.02. The molecule has 0 radical (unpaired) electrons. The first-order valence-corrected chi connectivity index (χ1v) is 8.62. The largest absolute Gasteiger partial charge is 0.474 e. The van der Waals surface area contributed by atoms with Crippen LogP contribution in [0.2, 0.25) is 0 Å². The lowest BCUT2D eigenvalue weighted by atomic mass is 10.3. The topological polar surface area (TPSA) is 125 Å². The molecule has 130 valence electrons. The molecule has 1 aliphatic rings. The van der Waals surface area contributed by atoms with E-state index in [4.69, 9.17) is 14.6 Å². The summed E-state index contributed by atoms with van der Waals surface area (Å²) in [6.07, 6.45) is 0. The Balaban J connectivity index is 1.98. The van der Waals surface area contributed by atoms with E-state index in [-0.39, 0.29) is 17.3 Å². The third kappa shape index (κ3) is 5.17. The monoisotopic (exact) mass is 355 g/mol. The van der Waals surface area contributed by atoms with Crippen LogP contribution in [0.15, 0.2) is 23.1 Å². The van der Waals surface area contributed by atoms with Gasteiger partial charge in [0.25, 0.3) is 0 Å². The molecular formula is C14H17N3O6S. The number of sulfonamides is 1. The zero-order valence-corrected chi connectivity index (χ0v) is 13.6. The highest BCUT2D eigenvalue weighted by Gasteiger charge is 2.19. The predicted octanol–water partition coefficient (Wildman–Crippen LogP) is -0.0434. The molecule has 1 aromatic carbocycles. The van der Waals surface area contributed by atoms with Gasteiger partial charge in [0.2, 0.25) is 10.0 Å². The van der Waals surface area contributed by atoms with Crippen molar-refractivity contribution < 1.29 is 22.8 Å². The molecule has 1 fully saturated rings. The van der Waals surface area contributed by atoms with Crippen molar-refractivity contribution in [3.8, 4) is 17.6 Å². The number of primary sulfonamides is 1. The van der Waals surface area contributed by atoms with E-state index in [0.717, 1.165) is 25.2 Å². The lowest BCUT2D eigenvalue weighted by Crippen LogP contribution is -2.36. The van der Waals surface area contributed by atoms with Gasteiger partial charge in [0.15, 0.2) is 5.75 Å². The molecule has 9 nitrogen and oxygen atoms in total. The fourth-order valence-electron chi connectivity index (χ4n) is 2.03. The number of rotatable bonds is 5. The summed E-state index contributed by atoms with van der Waals surface area (Å²) in [5.74, 6) is 5.63. The van der Waals surface area contributed by atoms with Gasteiger partial charge < -0.3 is 9.47 Å². The Kier molecular flexibility index (Phi) is 6.10. The molecule has 0 bridgehead atoms. The number of morpholine rings is 1. The predicted molar refractivity (Wildman–Crippen MR) is 85.0 cm³/mol. The van der Waals surface area contributed by atoms with Crippen molar-refractivity contribution in [3.63, 3.8) is 0 Å². The molecule has 1 heterocycles. The smallest absolute Gasteiger partial charge is 0.312 e. The normalized spacial score (nSPS) is 15.4. The highest BCUT2D eigenvalue weighted by molar-refractivity contribution is 7.89. The first-order chi connectivity index (χ1) is 11.4. The fourth-order valence-corrected chi connectivity index (χ4v) is 2.56. The molecule has 1 saturated heterocycles. The minimum Gasteiger partial charge on any atom is -0.474 e. The van der Waals surface area contributed by atoms with Crippen molar-refractivity contribution in [2.75, 3.05) is 39.5 Å². The third-order valence-electron chi connectivity index (χ3n) is 3.29. The number of nitrogens with two attached hydrogens (primary N) is 1. The van der Waals surface area contributed by atoms with E-state index in [2.05, 4.69) is 16.7 Å². The molecule has 10 heteroatoms. The average Bonchev–Trinajstić information content (AvgIpc) is 2.54. The summed E-state index contributed by atoms with van der Waals surface area (Å²) >= 11 is 0. The quantitative estimate of drug-likeness (QED) is 0.446. The van der Waals surface area contributed by atoms with E-state index in [0.29, 0.717) is 19.8 Å². The van der Waals surface area contributed by atoms with Crippen molar-refractivity contribution >= 4 is 15.7 Å². The van der Waals surface area contributed by atoms with Crippen molar-refractivity contribution in [3.05, 3.63) is 28.3 Å². The molecule has 0 saturated carbocycles. The van der Waals surface area contributed by atoms with Crippen molar-refractivity contribution in [1.82, 2.24) is 4.90 Å². The van der Waals surface area contributed by atoms with E-state index in [1.165, 1.54) is 6.07 Å². The maximum absolute atomic E-state index is 11.2. The minimum absolute atomic E-state index is 0.0418. The molecular weight excluding hydrogens is 338 g/mol. The van der Waals surface area contributed by atoms with Crippen molar-refractivity contribution in [2.24, 2.45) is 5.14 Å². The Morgan fingerprint density at radius 3 is 2.67 bits per heavy atom. The molecule has 0 atom stereocenters. The molecule has 0 unspecified atom stereocenters. The second kappa shape index (κ2) is 8.07. The molecule has 0 spiro atoms. The van der Waals surface area contributed by atoms with Crippen LogP contribution in [0.3, 0.4) is 0 Å². The first-order valence-electron chi connectivity index (χ1n) is 7.08. The van der Waals surface area contributed by atoms with Crippen molar-refractivity contribution in [2.45, 2.75) is 4.90 Å². The number of nitrogens with zero attached hydrogens (tertiary/aromatic N) is 2. The Labute approximate surface area is 139 Å². The highest BCUT2D eigenvalue weighted by Crippen LogP contribution is 2.29. The van der Waals surface area contributed by atoms with E-state index >= 15 is 0 Å². The molecule has 1 aliphatic heterocycles. The molecule has 0 aromatic heterocycles. The van der Waals surface area contributed by atoms with Gasteiger partial charge in [0.1, 0.15) is 6.61 Å². The Bertz CT molecular complexity index is 762. The van der Waals surface area contributed by atoms with Crippen LogP contribution < -0.4 is 9.88 Å². The van der Waals surface area contributed by atoms with Crippen LogP contribution in [0.1, 0.15) is 0 Å². The highest BCUT2D eigenvalue weighted by atomic mass is 32.2.